The van der Waals surface area contributed by atoms with Gasteiger partial charge >= 0.3 is 0 Å². The van der Waals surface area contributed by atoms with Crippen LogP contribution in [0, 0.1) is 0 Å². The average molecular weight is 154 g/mol. The maximum Gasteiger partial charge on any atom is 0.116 e. The van der Waals surface area contributed by atoms with Crippen molar-refractivity contribution in [1.29, 1.82) is 0 Å². The predicted octanol–water partition coefficient (Wildman–Crippen LogP) is 1.88. The van der Waals surface area contributed by atoms with Gasteiger partial charge < -0.3 is 9.47 Å². The SMILES string of the molecule is CC=CC=C(C)OCC1CO1. The molecule has 0 aromatic heterocycles. The van der Waals surface area contributed by atoms with Crippen LogP contribution in [0.4, 0.5) is 0 Å². The summed E-state index contributed by atoms with van der Waals surface area (Å²) in [5, 5.41) is 0. The molecule has 11 heavy (non-hydrogen) atoms. The Hall–Kier alpha value is -0.760. The lowest BCUT2D eigenvalue weighted by Gasteiger charge is -2.01. The van der Waals surface area contributed by atoms with Crippen LogP contribution in [0.2, 0.25) is 0 Å². The van der Waals surface area contributed by atoms with E-state index >= 15 is 0 Å². The first-order valence-electron chi connectivity index (χ1n) is 3.87. The lowest BCUT2D eigenvalue weighted by molar-refractivity contribution is 0.185. The van der Waals surface area contributed by atoms with Gasteiger partial charge in [-0.15, -0.1) is 0 Å². The number of epoxide rings is 1. The monoisotopic (exact) mass is 154 g/mol. The minimum atomic E-state index is 0.351. The van der Waals surface area contributed by atoms with Crippen molar-refractivity contribution in [2.75, 3.05) is 13.2 Å². The predicted molar refractivity (Wildman–Crippen MR) is 44.3 cm³/mol. The number of hydrogen-bond acceptors (Lipinski definition) is 2. The topological polar surface area (TPSA) is 21.8 Å². The van der Waals surface area contributed by atoms with E-state index in [1.165, 1.54) is 0 Å². The summed E-state index contributed by atoms with van der Waals surface area (Å²) in [6.07, 6.45) is 6.23. The molecule has 0 aliphatic carbocycles. The molecule has 62 valence electrons. The number of allylic oxidation sites excluding steroid dienone is 4. The quantitative estimate of drug-likeness (QED) is 0.350. The van der Waals surface area contributed by atoms with Gasteiger partial charge in [-0.05, 0) is 19.9 Å². The molecule has 1 unspecified atom stereocenters. The second kappa shape index (κ2) is 4.19. The number of rotatable bonds is 4. The van der Waals surface area contributed by atoms with Crippen LogP contribution in [0.5, 0.6) is 0 Å². The fourth-order valence-electron chi connectivity index (χ4n) is 0.669. The van der Waals surface area contributed by atoms with Gasteiger partial charge in [-0.25, -0.2) is 0 Å². The Morgan fingerprint density at radius 2 is 2.45 bits per heavy atom. The largest absolute Gasteiger partial charge is 0.495 e. The molecule has 1 fully saturated rings. The van der Waals surface area contributed by atoms with Gasteiger partial charge in [0.1, 0.15) is 12.7 Å². The molecule has 0 amide bonds. The van der Waals surface area contributed by atoms with Crippen LogP contribution >= 0.6 is 0 Å². The fraction of sp³-hybridized carbons (Fsp3) is 0.556. The first kappa shape index (κ1) is 8.34. The van der Waals surface area contributed by atoms with E-state index in [2.05, 4.69) is 0 Å². The zero-order valence-electron chi connectivity index (χ0n) is 7.04. The van der Waals surface area contributed by atoms with Gasteiger partial charge in [-0.1, -0.05) is 12.2 Å². The van der Waals surface area contributed by atoms with E-state index < -0.39 is 0 Å². The van der Waals surface area contributed by atoms with E-state index in [4.69, 9.17) is 9.47 Å². The van der Waals surface area contributed by atoms with Gasteiger partial charge in [0, 0.05) is 0 Å². The van der Waals surface area contributed by atoms with Crippen LogP contribution in [0.1, 0.15) is 13.8 Å². The molecule has 0 spiro atoms. The van der Waals surface area contributed by atoms with E-state index in [0.717, 1.165) is 12.4 Å². The number of hydrogen-bond donors (Lipinski definition) is 0. The smallest absolute Gasteiger partial charge is 0.116 e. The van der Waals surface area contributed by atoms with E-state index in [9.17, 15) is 0 Å². The Labute approximate surface area is 67.5 Å². The molecule has 1 saturated heterocycles. The fourth-order valence-corrected chi connectivity index (χ4v) is 0.669. The van der Waals surface area contributed by atoms with Crippen molar-refractivity contribution < 1.29 is 9.47 Å². The van der Waals surface area contributed by atoms with Crippen molar-refractivity contribution in [3.05, 3.63) is 24.0 Å². The Kier molecular flexibility index (Phi) is 3.17. The average Bonchev–Trinajstić information content (AvgIpc) is 2.80. The molecule has 1 aliphatic rings. The Morgan fingerprint density at radius 1 is 1.73 bits per heavy atom. The summed E-state index contributed by atoms with van der Waals surface area (Å²) in [4.78, 5) is 0. The molecular weight excluding hydrogens is 140 g/mol. The zero-order chi connectivity index (χ0) is 8.10. The third-order valence-corrected chi connectivity index (χ3v) is 1.42. The zero-order valence-corrected chi connectivity index (χ0v) is 7.04. The molecule has 0 aromatic rings. The third-order valence-electron chi connectivity index (χ3n) is 1.42. The van der Waals surface area contributed by atoms with E-state index in [0.29, 0.717) is 12.7 Å². The molecule has 2 heteroatoms. The standard InChI is InChI=1S/C9H14O2/c1-3-4-5-8(2)10-6-9-7-11-9/h3-5,9H,6-7H2,1-2H3. The van der Waals surface area contributed by atoms with Crippen molar-refractivity contribution in [3.63, 3.8) is 0 Å². The van der Waals surface area contributed by atoms with Crippen molar-refractivity contribution in [2.45, 2.75) is 20.0 Å². The summed E-state index contributed by atoms with van der Waals surface area (Å²) < 4.78 is 10.3. The molecule has 0 saturated carbocycles. The van der Waals surface area contributed by atoms with Crippen LogP contribution in [0.25, 0.3) is 0 Å². The van der Waals surface area contributed by atoms with Crippen LogP contribution < -0.4 is 0 Å². The molecule has 1 atom stereocenters. The van der Waals surface area contributed by atoms with Crippen molar-refractivity contribution in [1.82, 2.24) is 0 Å². The van der Waals surface area contributed by atoms with Gasteiger partial charge in [0.25, 0.3) is 0 Å². The van der Waals surface area contributed by atoms with Crippen molar-refractivity contribution >= 4 is 0 Å². The summed E-state index contributed by atoms with van der Waals surface area (Å²) in [6.45, 7) is 5.48. The van der Waals surface area contributed by atoms with Gasteiger partial charge in [0.2, 0.25) is 0 Å². The molecule has 1 heterocycles. The highest BCUT2D eigenvalue weighted by atomic mass is 16.6. The minimum Gasteiger partial charge on any atom is -0.495 e. The minimum absolute atomic E-state index is 0.351. The van der Waals surface area contributed by atoms with Crippen molar-refractivity contribution in [2.24, 2.45) is 0 Å². The highest BCUT2D eigenvalue weighted by molar-refractivity contribution is 5.04. The Balaban J connectivity index is 2.12. The van der Waals surface area contributed by atoms with Gasteiger partial charge in [0.15, 0.2) is 0 Å². The first-order valence-corrected chi connectivity index (χ1v) is 3.87. The molecule has 0 bridgehead atoms. The Bertz CT molecular complexity index is 166. The molecule has 0 radical (unpaired) electrons. The summed E-state index contributed by atoms with van der Waals surface area (Å²) in [7, 11) is 0. The maximum atomic E-state index is 5.35. The third kappa shape index (κ3) is 3.83. The van der Waals surface area contributed by atoms with Gasteiger partial charge in [-0.3, -0.25) is 0 Å². The molecule has 1 rings (SSSR count). The van der Waals surface area contributed by atoms with Gasteiger partial charge in [0.05, 0.1) is 12.4 Å². The maximum absolute atomic E-state index is 5.35. The van der Waals surface area contributed by atoms with Crippen LogP contribution in [0.15, 0.2) is 24.0 Å². The number of ether oxygens (including phenoxy) is 2. The molecule has 2 nitrogen and oxygen atoms in total. The molecule has 1 aliphatic heterocycles. The summed E-state index contributed by atoms with van der Waals surface area (Å²) in [5.74, 6) is 0.943. The van der Waals surface area contributed by atoms with Crippen LogP contribution in [-0.2, 0) is 9.47 Å². The highest BCUT2D eigenvalue weighted by Crippen LogP contribution is 2.10. The van der Waals surface area contributed by atoms with E-state index in [-0.39, 0.29) is 0 Å². The van der Waals surface area contributed by atoms with Crippen LogP contribution in [0.3, 0.4) is 0 Å². The first-order chi connectivity index (χ1) is 5.33. The second-order valence-electron chi connectivity index (χ2n) is 2.57. The van der Waals surface area contributed by atoms with Gasteiger partial charge in [-0.2, -0.15) is 0 Å². The second-order valence-corrected chi connectivity index (χ2v) is 2.57. The summed E-state index contributed by atoms with van der Waals surface area (Å²) >= 11 is 0. The molecule has 0 aromatic carbocycles. The lowest BCUT2D eigenvalue weighted by atomic mass is 10.4. The normalized spacial score (nSPS) is 24.2. The highest BCUT2D eigenvalue weighted by Gasteiger charge is 2.22. The van der Waals surface area contributed by atoms with E-state index in [1.54, 1.807) is 0 Å². The summed E-state index contributed by atoms with van der Waals surface area (Å²) in [6, 6.07) is 0. The van der Waals surface area contributed by atoms with Crippen LogP contribution in [-0.4, -0.2) is 19.3 Å². The van der Waals surface area contributed by atoms with Crippen molar-refractivity contribution in [3.8, 4) is 0 Å². The summed E-state index contributed by atoms with van der Waals surface area (Å²) in [5.41, 5.74) is 0. The lowest BCUT2D eigenvalue weighted by Crippen LogP contribution is -1.98. The van der Waals surface area contributed by atoms with E-state index in [1.807, 2.05) is 32.1 Å². The molecule has 0 N–H and O–H groups in total. The Morgan fingerprint density at radius 3 is 3.00 bits per heavy atom. The molecular formula is C9H14O2.